The first kappa shape index (κ1) is 17.7. The van der Waals surface area contributed by atoms with Crippen molar-refractivity contribution in [3.8, 4) is 11.4 Å². The third-order valence-corrected chi connectivity index (χ3v) is 4.83. The second-order valence-electron chi connectivity index (χ2n) is 5.13. The molecule has 128 valence electrons. The first-order valence-corrected chi connectivity index (χ1v) is 9.53. The lowest BCUT2D eigenvalue weighted by Gasteiger charge is -2.07. The summed E-state index contributed by atoms with van der Waals surface area (Å²) in [6.07, 6.45) is 0. The van der Waals surface area contributed by atoms with Gasteiger partial charge in [0, 0.05) is 14.9 Å². The molecule has 3 aromatic rings. The second kappa shape index (κ2) is 8.31. The minimum atomic E-state index is -0.154. The summed E-state index contributed by atoms with van der Waals surface area (Å²) in [5.41, 5.74) is 1.50. The highest BCUT2D eigenvalue weighted by Crippen LogP contribution is 2.22. The second-order valence-corrected chi connectivity index (χ2v) is 7.36. The zero-order chi connectivity index (χ0) is 17.6. The number of carbonyl (C=O) groups excluding carboxylic acids is 1. The van der Waals surface area contributed by atoms with Crippen LogP contribution >= 0.6 is 27.7 Å². The van der Waals surface area contributed by atoms with Crippen molar-refractivity contribution in [2.45, 2.75) is 18.4 Å². The third kappa shape index (κ3) is 4.49. The average Bonchev–Trinajstić information content (AvgIpc) is 3.09. The number of amides is 1. The van der Waals surface area contributed by atoms with Gasteiger partial charge in [0.1, 0.15) is 0 Å². The number of halogens is 1. The molecule has 0 bridgehead atoms. The molecule has 0 spiro atoms. The first-order chi connectivity index (χ1) is 12.2. The molecule has 5 nitrogen and oxygen atoms in total. The fraction of sp³-hybridized carbons (Fsp3) is 0.167. The summed E-state index contributed by atoms with van der Waals surface area (Å²) in [6, 6.07) is 15.2. The van der Waals surface area contributed by atoms with Crippen LogP contribution in [0.2, 0.25) is 0 Å². The molecule has 1 amide bonds. The highest BCUT2D eigenvalue weighted by atomic mass is 79.9. The van der Waals surface area contributed by atoms with Crippen LogP contribution in [-0.4, -0.2) is 21.8 Å². The Kier molecular flexibility index (Phi) is 5.88. The summed E-state index contributed by atoms with van der Waals surface area (Å²) in [5.74, 6) is 1.61. The zero-order valence-corrected chi connectivity index (χ0v) is 15.9. The van der Waals surface area contributed by atoms with Gasteiger partial charge >= 0.3 is 0 Å². The van der Waals surface area contributed by atoms with Gasteiger partial charge in [0.25, 0.3) is 5.91 Å². The standard InChI is InChI=1S/C18H16BrN3O2S/c1-2-25-15-9-4-3-8-14(15)18(23)20-11-16-21-17(22-24-16)12-6-5-7-13(19)10-12/h3-10H,2,11H2,1H3,(H,20,23). The highest BCUT2D eigenvalue weighted by molar-refractivity contribution is 9.10. The SMILES string of the molecule is CCSc1ccccc1C(=O)NCc1nc(-c2cccc(Br)c2)no1. The smallest absolute Gasteiger partial charge is 0.252 e. The molecule has 0 saturated heterocycles. The molecule has 0 aliphatic carbocycles. The average molecular weight is 418 g/mol. The summed E-state index contributed by atoms with van der Waals surface area (Å²) < 4.78 is 6.17. The molecule has 0 fully saturated rings. The molecule has 25 heavy (non-hydrogen) atoms. The molecule has 0 atom stereocenters. The maximum absolute atomic E-state index is 12.4. The van der Waals surface area contributed by atoms with Crippen molar-refractivity contribution >= 4 is 33.6 Å². The third-order valence-electron chi connectivity index (χ3n) is 3.38. The Morgan fingerprint density at radius 1 is 1.24 bits per heavy atom. The lowest BCUT2D eigenvalue weighted by molar-refractivity contribution is 0.0943. The molecule has 0 saturated carbocycles. The summed E-state index contributed by atoms with van der Waals surface area (Å²) in [5, 5.41) is 6.80. The van der Waals surface area contributed by atoms with Gasteiger partial charge in [-0.15, -0.1) is 11.8 Å². The van der Waals surface area contributed by atoms with Gasteiger partial charge in [-0.05, 0) is 30.0 Å². The van der Waals surface area contributed by atoms with E-state index in [0.29, 0.717) is 17.3 Å². The minimum Gasteiger partial charge on any atom is -0.343 e. The summed E-state index contributed by atoms with van der Waals surface area (Å²) in [6.45, 7) is 2.24. The minimum absolute atomic E-state index is 0.154. The Labute approximate surface area is 158 Å². The van der Waals surface area contributed by atoms with Crippen molar-refractivity contribution in [3.63, 3.8) is 0 Å². The lowest BCUT2D eigenvalue weighted by atomic mass is 10.2. The van der Waals surface area contributed by atoms with E-state index in [-0.39, 0.29) is 12.5 Å². The molecule has 2 aromatic carbocycles. The number of hydrogen-bond donors (Lipinski definition) is 1. The predicted octanol–water partition coefficient (Wildman–Crippen LogP) is 4.54. The van der Waals surface area contributed by atoms with Gasteiger partial charge in [-0.2, -0.15) is 4.98 Å². The maximum Gasteiger partial charge on any atom is 0.252 e. The molecule has 0 unspecified atom stereocenters. The van der Waals surface area contributed by atoms with Crippen LogP contribution in [0.3, 0.4) is 0 Å². The number of nitrogens with zero attached hydrogens (tertiary/aromatic N) is 2. The molecular weight excluding hydrogens is 402 g/mol. The molecule has 0 aliphatic rings. The number of nitrogens with one attached hydrogen (secondary N) is 1. The van der Waals surface area contributed by atoms with Crippen LogP contribution in [0, 0.1) is 0 Å². The van der Waals surface area contributed by atoms with Crippen LogP contribution in [0.25, 0.3) is 11.4 Å². The maximum atomic E-state index is 12.4. The van der Waals surface area contributed by atoms with E-state index in [1.54, 1.807) is 11.8 Å². The van der Waals surface area contributed by atoms with Gasteiger partial charge in [-0.25, -0.2) is 0 Å². The normalized spacial score (nSPS) is 10.6. The van der Waals surface area contributed by atoms with E-state index in [4.69, 9.17) is 4.52 Å². The Bertz CT molecular complexity index is 882. The number of rotatable bonds is 6. The van der Waals surface area contributed by atoms with Crippen molar-refractivity contribution in [3.05, 3.63) is 64.5 Å². The van der Waals surface area contributed by atoms with Gasteiger partial charge < -0.3 is 9.84 Å². The molecule has 1 aromatic heterocycles. The highest BCUT2D eigenvalue weighted by Gasteiger charge is 2.13. The molecule has 1 heterocycles. The Morgan fingerprint density at radius 3 is 2.88 bits per heavy atom. The van der Waals surface area contributed by atoms with Crippen LogP contribution in [0.15, 0.2) is 62.4 Å². The summed E-state index contributed by atoms with van der Waals surface area (Å²) >= 11 is 5.05. The number of aromatic nitrogens is 2. The van der Waals surface area contributed by atoms with E-state index < -0.39 is 0 Å². The Hall–Kier alpha value is -2.12. The van der Waals surface area contributed by atoms with E-state index >= 15 is 0 Å². The van der Waals surface area contributed by atoms with Crippen molar-refractivity contribution in [1.29, 1.82) is 0 Å². The van der Waals surface area contributed by atoms with E-state index in [2.05, 4.69) is 38.3 Å². The zero-order valence-electron chi connectivity index (χ0n) is 13.5. The van der Waals surface area contributed by atoms with Gasteiger partial charge in [0.2, 0.25) is 11.7 Å². The van der Waals surface area contributed by atoms with Gasteiger partial charge in [-0.1, -0.05) is 52.3 Å². The van der Waals surface area contributed by atoms with Crippen molar-refractivity contribution in [2.75, 3.05) is 5.75 Å². The Balaban J connectivity index is 1.67. The van der Waals surface area contributed by atoms with Gasteiger partial charge in [0.05, 0.1) is 12.1 Å². The van der Waals surface area contributed by atoms with Crippen LogP contribution in [0.1, 0.15) is 23.2 Å². The van der Waals surface area contributed by atoms with E-state index in [1.165, 1.54) is 0 Å². The van der Waals surface area contributed by atoms with Crippen molar-refractivity contribution in [1.82, 2.24) is 15.5 Å². The molecular formula is C18H16BrN3O2S. The number of carbonyl (C=O) groups is 1. The van der Waals surface area contributed by atoms with Crippen LogP contribution in [-0.2, 0) is 6.54 Å². The van der Waals surface area contributed by atoms with Crippen LogP contribution in [0.5, 0.6) is 0 Å². The van der Waals surface area contributed by atoms with Gasteiger partial charge in [-0.3, -0.25) is 4.79 Å². The first-order valence-electron chi connectivity index (χ1n) is 7.76. The van der Waals surface area contributed by atoms with Crippen molar-refractivity contribution in [2.24, 2.45) is 0 Å². The number of benzene rings is 2. The Morgan fingerprint density at radius 2 is 2.08 bits per heavy atom. The fourth-order valence-electron chi connectivity index (χ4n) is 2.26. The van der Waals surface area contributed by atoms with Crippen LogP contribution < -0.4 is 5.32 Å². The van der Waals surface area contributed by atoms with Crippen LogP contribution in [0.4, 0.5) is 0 Å². The quantitative estimate of drug-likeness (QED) is 0.596. The molecule has 7 heteroatoms. The molecule has 0 aliphatic heterocycles. The topological polar surface area (TPSA) is 68.0 Å². The van der Waals surface area contributed by atoms with E-state index in [9.17, 15) is 4.79 Å². The predicted molar refractivity (Wildman–Crippen MR) is 101 cm³/mol. The number of thioether (sulfide) groups is 1. The lowest BCUT2D eigenvalue weighted by Crippen LogP contribution is -2.23. The fourth-order valence-corrected chi connectivity index (χ4v) is 3.46. The van der Waals surface area contributed by atoms with E-state index in [0.717, 1.165) is 20.7 Å². The molecule has 1 N–H and O–H groups in total. The summed E-state index contributed by atoms with van der Waals surface area (Å²) in [7, 11) is 0. The van der Waals surface area contributed by atoms with Crippen molar-refractivity contribution < 1.29 is 9.32 Å². The van der Waals surface area contributed by atoms with Gasteiger partial charge in [0.15, 0.2) is 0 Å². The monoisotopic (exact) mass is 417 g/mol. The summed E-state index contributed by atoms with van der Waals surface area (Å²) in [4.78, 5) is 17.7. The number of hydrogen-bond acceptors (Lipinski definition) is 5. The molecule has 0 radical (unpaired) electrons. The van der Waals surface area contributed by atoms with E-state index in [1.807, 2.05) is 48.5 Å². The largest absolute Gasteiger partial charge is 0.343 e. The molecule has 3 rings (SSSR count).